The van der Waals surface area contributed by atoms with Crippen molar-refractivity contribution >= 4 is 11.6 Å². The number of amides is 1. The van der Waals surface area contributed by atoms with Crippen LogP contribution < -0.4 is 10.6 Å². The van der Waals surface area contributed by atoms with Crippen LogP contribution in [0.2, 0.25) is 0 Å². The van der Waals surface area contributed by atoms with Crippen LogP contribution in [0.25, 0.3) is 0 Å². The second-order valence-corrected chi connectivity index (χ2v) is 10.5. The minimum absolute atomic E-state index is 0.105. The lowest BCUT2D eigenvalue weighted by Gasteiger charge is -2.36. The molecule has 3 saturated heterocycles. The maximum absolute atomic E-state index is 14.1. The monoisotopic (exact) mass is 580 g/mol. The largest absolute Gasteiger partial charge is 0.416 e. The van der Waals surface area contributed by atoms with Crippen molar-refractivity contribution in [3.05, 3.63) is 59.4 Å². The summed E-state index contributed by atoms with van der Waals surface area (Å²) in [5.74, 6) is -0.105. The van der Waals surface area contributed by atoms with Crippen molar-refractivity contribution in [2.24, 2.45) is 0 Å². The van der Waals surface area contributed by atoms with Crippen molar-refractivity contribution in [1.82, 2.24) is 15.2 Å². The van der Waals surface area contributed by atoms with Gasteiger partial charge in [0.2, 0.25) is 0 Å². The van der Waals surface area contributed by atoms with Crippen LogP contribution in [0.15, 0.2) is 42.7 Å². The summed E-state index contributed by atoms with van der Waals surface area (Å²) in [7, 11) is 0. The van der Waals surface area contributed by atoms with Gasteiger partial charge in [-0.15, -0.1) is 0 Å². The number of piperidine rings is 1. The van der Waals surface area contributed by atoms with E-state index in [1.54, 1.807) is 23.4 Å². The molecule has 11 heteroatoms. The third kappa shape index (κ3) is 8.39. The standard InChI is InChI=1S/C28H34F4N4O3.C2H6/c29-23-17-38-13-10-24(23)34-21-8-11-36(12-9-21)27(37)19-14-22(16-33-15-19)35-26-3-1-2-25(39-26)18-4-6-20(7-5-18)28(30,31)32;1-2/h4-7,14-16,21,23-26,34-35H,1-3,8-13,17H2;1-2H3/t23?,24?,25-,26?;/m0./s1. The van der Waals surface area contributed by atoms with Gasteiger partial charge in [-0.2, -0.15) is 13.2 Å². The van der Waals surface area contributed by atoms with Crippen LogP contribution in [-0.2, 0) is 15.7 Å². The van der Waals surface area contributed by atoms with Crippen molar-refractivity contribution < 1.29 is 31.8 Å². The third-order valence-corrected chi connectivity index (χ3v) is 7.70. The van der Waals surface area contributed by atoms with Gasteiger partial charge in [-0.3, -0.25) is 9.78 Å². The second-order valence-electron chi connectivity index (χ2n) is 10.5. The van der Waals surface area contributed by atoms with Gasteiger partial charge in [-0.05, 0) is 62.3 Å². The number of anilines is 1. The van der Waals surface area contributed by atoms with Crippen molar-refractivity contribution in [1.29, 1.82) is 0 Å². The van der Waals surface area contributed by atoms with Gasteiger partial charge in [-0.1, -0.05) is 26.0 Å². The molecule has 0 aliphatic carbocycles. The Morgan fingerprint density at radius 3 is 2.44 bits per heavy atom. The normalized spacial score (nSPS) is 25.7. The number of alkyl halides is 4. The molecule has 7 nitrogen and oxygen atoms in total. The highest BCUT2D eigenvalue weighted by atomic mass is 19.4. The van der Waals surface area contributed by atoms with E-state index >= 15 is 0 Å². The fourth-order valence-electron chi connectivity index (χ4n) is 5.51. The number of halogens is 4. The maximum Gasteiger partial charge on any atom is 0.416 e. The highest BCUT2D eigenvalue weighted by molar-refractivity contribution is 5.94. The first kappa shape index (κ1) is 31.2. The average Bonchev–Trinajstić information content (AvgIpc) is 2.99. The summed E-state index contributed by atoms with van der Waals surface area (Å²) >= 11 is 0. The zero-order chi connectivity index (χ0) is 29.4. The highest BCUT2D eigenvalue weighted by Gasteiger charge is 2.32. The lowest BCUT2D eigenvalue weighted by atomic mass is 9.99. The summed E-state index contributed by atoms with van der Waals surface area (Å²) in [6.45, 7) is 5.85. The smallest absolute Gasteiger partial charge is 0.378 e. The van der Waals surface area contributed by atoms with Crippen LogP contribution in [0.5, 0.6) is 0 Å². The molecule has 2 aromatic rings. The Bertz CT molecular complexity index is 1110. The lowest BCUT2D eigenvalue weighted by molar-refractivity contribution is -0.137. The summed E-state index contributed by atoms with van der Waals surface area (Å²) in [4.78, 5) is 19.2. The molecule has 1 aromatic carbocycles. The van der Waals surface area contributed by atoms with Gasteiger partial charge in [0.15, 0.2) is 0 Å². The molecule has 2 N–H and O–H groups in total. The molecule has 41 heavy (non-hydrogen) atoms. The number of hydrogen-bond donors (Lipinski definition) is 2. The Balaban J connectivity index is 0.00000189. The Labute approximate surface area is 239 Å². The van der Waals surface area contributed by atoms with Gasteiger partial charge in [-0.25, -0.2) is 4.39 Å². The fraction of sp³-hybridized carbons (Fsp3) is 0.600. The van der Waals surface area contributed by atoms with Crippen LogP contribution in [0.3, 0.4) is 0 Å². The molecule has 3 aliphatic heterocycles. The van der Waals surface area contributed by atoms with E-state index in [0.717, 1.165) is 37.8 Å². The number of likely N-dealkylation sites (tertiary alicyclic amines) is 1. The summed E-state index contributed by atoms with van der Waals surface area (Å²) < 4.78 is 64.1. The van der Waals surface area contributed by atoms with Gasteiger partial charge < -0.3 is 25.0 Å². The Morgan fingerprint density at radius 1 is 1.02 bits per heavy atom. The van der Waals surface area contributed by atoms with E-state index in [1.807, 2.05) is 13.8 Å². The first-order valence-electron chi connectivity index (χ1n) is 14.6. The maximum atomic E-state index is 14.1. The molecule has 0 radical (unpaired) electrons. The molecule has 3 fully saturated rings. The number of rotatable bonds is 6. The zero-order valence-corrected chi connectivity index (χ0v) is 23.6. The minimum Gasteiger partial charge on any atom is -0.378 e. The van der Waals surface area contributed by atoms with Crippen LogP contribution in [0.1, 0.15) is 80.0 Å². The van der Waals surface area contributed by atoms with Gasteiger partial charge in [0.1, 0.15) is 12.4 Å². The molecule has 3 unspecified atom stereocenters. The summed E-state index contributed by atoms with van der Waals surface area (Å²) in [5, 5.41) is 6.69. The number of benzene rings is 1. The Morgan fingerprint density at radius 2 is 1.76 bits per heavy atom. The number of pyridine rings is 1. The highest BCUT2D eigenvalue weighted by Crippen LogP contribution is 2.34. The molecule has 0 saturated carbocycles. The first-order valence-corrected chi connectivity index (χ1v) is 14.6. The van der Waals surface area contributed by atoms with Crippen molar-refractivity contribution in [2.45, 2.75) is 89.1 Å². The fourth-order valence-corrected chi connectivity index (χ4v) is 5.51. The number of hydrogen-bond acceptors (Lipinski definition) is 6. The van der Waals surface area contributed by atoms with Crippen LogP contribution >= 0.6 is 0 Å². The SMILES string of the molecule is CC.O=C(c1cncc(NC2CCC[C@@H](c3ccc(C(F)(F)F)cc3)O2)c1)N1CCC(NC2CCOCC2F)CC1. The molecule has 1 amide bonds. The molecule has 1 aromatic heterocycles. The second kappa shape index (κ2) is 14.4. The van der Waals surface area contributed by atoms with Crippen molar-refractivity contribution in [3.8, 4) is 0 Å². The van der Waals surface area contributed by atoms with Gasteiger partial charge in [0.25, 0.3) is 5.91 Å². The van der Waals surface area contributed by atoms with Crippen molar-refractivity contribution in [2.75, 3.05) is 31.6 Å². The van der Waals surface area contributed by atoms with Gasteiger partial charge in [0.05, 0.1) is 35.7 Å². The summed E-state index contributed by atoms with van der Waals surface area (Å²) in [6.07, 6.45) is 1.56. The molecule has 5 rings (SSSR count). The topological polar surface area (TPSA) is 75.7 Å². The molecule has 0 spiro atoms. The number of nitrogens with one attached hydrogen (secondary N) is 2. The molecular formula is C30H40F4N4O3. The van der Waals surface area contributed by atoms with E-state index in [1.165, 1.54) is 12.1 Å². The summed E-state index contributed by atoms with van der Waals surface area (Å²) in [6, 6.07) is 6.82. The van der Waals surface area contributed by atoms with E-state index < -0.39 is 17.9 Å². The molecular weight excluding hydrogens is 540 g/mol. The molecule has 4 atom stereocenters. The van der Waals surface area contributed by atoms with E-state index in [4.69, 9.17) is 9.47 Å². The average molecular weight is 581 g/mol. The Hall–Kier alpha value is -2.76. The quantitative estimate of drug-likeness (QED) is 0.401. The van der Waals surface area contributed by atoms with Crippen LogP contribution in [0, 0.1) is 0 Å². The number of carbonyl (C=O) groups is 1. The molecule has 226 valence electrons. The van der Waals surface area contributed by atoms with E-state index in [9.17, 15) is 22.4 Å². The Kier molecular flexibility index (Phi) is 11.0. The summed E-state index contributed by atoms with van der Waals surface area (Å²) in [5.41, 5.74) is 1.13. The van der Waals surface area contributed by atoms with Gasteiger partial charge in [0, 0.05) is 38.0 Å². The third-order valence-electron chi connectivity index (χ3n) is 7.70. The molecule has 0 bridgehead atoms. The van der Waals surface area contributed by atoms with Crippen LogP contribution in [0.4, 0.5) is 23.2 Å². The van der Waals surface area contributed by atoms with E-state index in [0.29, 0.717) is 49.4 Å². The van der Waals surface area contributed by atoms with Crippen LogP contribution in [-0.4, -0.2) is 66.6 Å². The number of carbonyl (C=O) groups excluding carboxylic acids is 1. The predicted molar refractivity (Wildman–Crippen MR) is 148 cm³/mol. The molecule has 3 aliphatic rings. The number of aromatic nitrogens is 1. The number of ether oxygens (including phenoxy) is 2. The molecule has 4 heterocycles. The van der Waals surface area contributed by atoms with E-state index in [-0.39, 0.29) is 36.9 Å². The lowest BCUT2D eigenvalue weighted by Crippen LogP contribution is -2.52. The van der Waals surface area contributed by atoms with E-state index in [2.05, 4.69) is 15.6 Å². The van der Waals surface area contributed by atoms with Gasteiger partial charge >= 0.3 is 6.18 Å². The van der Waals surface area contributed by atoms with Crippen molar-refractivity contribution in [3.63, 3.8) is 0 Å². The first-order chi connectivity index (χ1) is 19.8. The minimum atomic E-state index is -4.37. The zero-order valence-electron chi connectivity index (χ0n) is 23.6. The predicted octanol–water partition coefficient (Wildman–Crippen LogP) is 6.13. The number of nitrogens with zero attached hydrogens (tertiary/aromatic N) is 2.